The van der Waals surface area contributed by atoms with E-state index in [1.54, 1.807) is 25.1 Å². The molecule has 9 heteroatoms. The molecule has 2 aliphatic heterocycles. The normalized spacial score (nSPS) is 19.6. The molecule has 3 heterocycles. The predicted octanol–water partition coefficient (Wildman–Crippen LogP) is 2.06. The van der Waals surface area contributed by atoms with Crippen LogP contribution in [0.1, 0.15) is 18.1 Å². The molecule has 2 aromatic carbocycles. The number of imide groups is 1. The van der Waals surface area contributed by atoms with Gasteiger partial charge in [-0.2, -0.15) is 0 Å². The molecule has 1 aromatic heterocycles. The van der Waals surface area contributed by atoms with Crippen molar-refractivity contribution in [1.82, 2.24) is 20.5 Å². The van der Waals surface area contributed by atoms with E-state index in [2.05, 4.69) is 15.6 Å². The number of amides is 4. The number of benzene rings is 2. The third-order valence-corrected chi connectivity index (χ3v) is 6.09. The highest BCUT2D eigenvalue weighted by Crippen LogP contribution is 2.36. The van der Waals surface area contributed by atoms with E-state index in [1.807, 2.05) is 30.5 Å². The second kappa shape index (κ2) is 8.16. The number of carbonyl (C=O) groups is 3. The molecule has 0 spiro atoms. The first kappa shape index (κ1) is 20.9. The summed E-state index contributed by atoms with van der Waals surface area (Å²) in [7, 11) is 0. The summed E-state index contributed by atoms with van der Waals surface area (Å²) in [6, 6.07) is 12.5. The van der Waals surface area contributed by atoms with Crippen molar-refractivity contribution in [2.75, 3.05) is 26.3 Å². The van der Waals surface area contributed by atoms with Gasteiger partial charge in [0.2, 0.25) is 5.91 Å². The third-order valence-electron chi connectivity index (χ3n) is 6.09. The summed E-state index contributed by atoms with van der Waals surface area (Å²) in [5.74, 6) is 0.230. The Kier molecular flexibility index (Phi) is 5.16. The molecular weight excluding hydrogens is 424 g/mol. The number of H-pyrrole nitrogens is 1. The number of nitrogens with one attached hydrogen (secondary N) is 3. The molecule has 3 aromatic rings. The quantitative estimate of drug-likeness (QED) is 0.500. The van der Waals surface area contributed by atoms with Gasteiger partial charge in [0.25, 0.3) is 5.91 Å². The molecule has 0 aliphatic carbocycles. The number of aromatic nitrogens is 1. The summed E-state index contributed by atoms with van der Waals surface area (Å²) in [4.78, 5) is 42.3. The van der Waals surface area contributed by atoms with Gasteiger partial charge in [-0.05, 0) is 42.7 Å². The Bertz CT molecular complexity index is 1250. The molecule has 5 rings (SSSR count). The van der Waals surface area contributed by atoms with E-state index in [1.165, 1.54) is 0 Å². The number of aromatic amines is 1. The summed E-state index contributed by atoms with van der Waals surface area (Å²) >= 11 is 0. The van der Waals surface area contributed by atoms with E-state index >= 15 is 0 Å². The van der Waals surface area contributed by atoms with Gasteiger partial charge in [0.1, 0.15) is 25.3 Å². The molecule has 0 saturated carbocycles. The number of ether oxygens (including phenoxy) is 2. The predicted molar refractivity (Wildman–Crippen MR) is 120 cm³/mol. The third kappa shape index (κ3) is 3.75. The monoisotopic (exact) mass is 448 g/mol. The molecule has 0 radical (unpaired) electrons. The summed E-state index contributed by atoms with van der Waals surface area (Å²) in [5, 5.41) is 6.62. The zero-order chi connectivity index (χ0) is 23.0. The smallest absolute Gasteiger partial charge is 0.325 e. The number of para-hydroxylation sites is 1. The lowest BCUT2D eigenvalue weighted by Gasteiger charge is -2.25. The first-order valence-electron chi connectivity index (χ1n) is 10.8. The largest absolute Gasteiger partial charge is 0.486 e. The zero-order valence-electron chi connectivity index (χ0n) is 18.1. The maximum absolute atomic E-state index is 13.1. The number of hydrogen-bond acceptors (Lipinski definition) is 5. The van der Waals surface area contributed by atoms with E-state index in [9.17, 15) is 14.4 Å². The fourth-order valence-corrected chi connectivity index (χ4v) is 4.27. The lowest BCUT2D eigenvalue weighted by atomic mass is 9.91. The highest BCUT2D eigenvalue weighted by Gasteiger charge is 2.49. The van der Waals surface area contributed by atoms with Crippen molar-refractivity contribution in [2.24, 2.45) is 0 Å². The number of carbonyl (C=O) groups excluding carboxylic acids is 3. The van der Waals surface area contributed by atoms with Crippen LogP contribution in [-0.4, -0.2) is 54.0 Å². The highest BCUT2D eigenvalue weighted by molar-refractivity contribution is 6.09. The fourth-order valence-electron chi connectivity index (χ4n) is 4.27. The van der Waals surface area contributed by atoms with Crippen LogP contribution in [0.3, 0.4) is 0 Å². The Labute approximate surface area is 190 Å². The second-order valence-electron chi connectivity index (χ2n) is 8.26. The Balaban J connectivity index is 1.22. The lowest BCUT2D eigenvalue weighted by molar-refractivity contribution is -0.134. The number of fused-ring (bicyclic) bond motifs is 2. The van der Waals surface area contributed by atoms with Gasteiger partial charge in [-0.25, -0.2) is 4.79 Å². The Morgan fingerprint density at radius 3 is 2.76 bits per heavy atom. The maximum atomic E-state index is 13.1. The first-order valence-corrected chi connectivity index (χ1v) is 10.8. The number of rotatable bonds is 6. The van der Waals surface area contributed by atoms with Gasteiger partial charge in [0, 0.05) is 23.6 Å². The maximum Gasteiger partial charge on any atom is 0.325 e. The molecule has 2 aliphatic rings. The highest BCUT2D eigenvalue weighted by atomic mass is 16.6. The molecule has 1 unspecified atom stereocenters. The van der Waals surface area contributed by atoms with E-state index in [0.29, 0.717) is 43.2 Å². The molecule has 9 nitrogen and oxygen atoms in total. The van der Waals surface area contributed by atoms with Gasteiger partial charge in [0.15, 0.2) is 11.5 Å². The van der Waals surface area contributed by atoms with Crippen LogP contribution in [0, 0.1) is 0 Å². The topological polar surface area (TPSA) is 113 Å². The zero-order valence-corrected chi connectivity index (χ0v) is 18.1. The van der Waals surface area contributed by atoms with Crippen LogP contribution in [0.2, 0.25) is 0 Å². The van der Waals surface area contributed by atoms with Crippen molar-refractivity contribution < 1.29 is 23.9 Å². The minimum absolute atomic E-state index is 0.349. The van der Waals surface area contributed by atoms with Gasteiger partial charge in [0.05, 0.1) is 0 Å². The van der Waals surface area contributed by atoms with Crippen molar-refractivity contribution in [3.05, 3.63) is 59.8 Å². The van der Waals surface area contributed by atoms with Gasteiger partial charge in [-0.15, -0.1) is 0 Å². The molecular formula is C24H24N4O5. The first-order chi connectivity index (χ1) is 16.0. The van der Waals surface area contributed by atoms with Gasteiger partial charge < -0.3 is 25.1 Å². The van der Waals surface area contributed by atoms with E-state index in [0.717, 1.165) is 21.4 Å². The second-order valence-corrected chi connectivity index (χ2v) is 8.26. The van der Waals surface area contributed by atoms with Crippen LogP contribution in [0.15, 0.2) is 48.7 Å². The average molecular weight is 448 g/mol. The molecule has 1 fully saturated rings. The van der Waals surface area contributed by atoms with Gasteiger partial charge in [-0.1, -0.05) is 24.3 Å². The standard InChI is InChI=1S/C24H24N4O5/c1-24(16-6-7-19-20(12-16)33-11-10-32-19)22(30)28(23(31)27-24)14-21(29)25-9-8-15-13-26-18-5-3-2-4-17(15)18/h2-7,12-13,26H,8-11,14H2,1H3,(H,25,29)(H,27,31). The van der Waals surface area contributed by atoms with E-state index in [-0.39, 0.29) is 6.54 Å². The number of nitrogens with zero attached hydrogens (tertiary/aromatic N) is 1. The fraction of sp³-hybridized carbons (Fsp3) is 0.292. The van der Waals surface area contributed by atoms with Crippen molar-refractivity contribution >= 4 is 28.7 Å². The minimum atomic E-state index is -1.29. The number of hydrogen-bond donors (Lipinski definition) is 3. The molecule has 1 saturated heterocycles. The average Bonchev–Trinajstić information content (AvgIpc) is 3.33. The summed E-state index contributed by atoms with van der Waals surface area (Å²) in [5.41, 5.74) is 1.40. The van der Waals surface area contributed by atoms with E-state index in [4.69, 9.17) is 9.47 Å². The van der Waals surface area contributed by atoms with Crippen molar-refractivity contribution in [1.29, 1.82) is 0 Å². The van der Waals surface area contributed by atoms with Gasteiger partial charge in [-0.3, -0.25) is 14.5 Å². The minimum Gasteiger partial charge on any atom is -0.486 e. The Morgan fingerprint density at radius 2 is 1.91 bits per heavy atom. The van der Waals surface area contributed by atoms with Crippen molar-refractivity contribution in [3.8, 4) is 11.5 Å². The van der Waals surface area contributed by atoms with Crippen molar-refractivity contribution in [2.45, 2.75) is 18.9 Å². The summed E-state index contributed by atoms with van der Waals surface area (Å²) in [6.45, 7) is 2.54. The molecule has 4 amide bonds. The molecule has 3 N–H and O–H groups in total. The van der Waals surface area contributed by atoms with Crippen LogP contribution >= 0.6 is 0 Å². The summed E-state index contributed by atoms with van der Waals surface area (Å²) in [6.07, 6.45) is 2.55. The number of urea groups is 1. The SMILES string of the molecule is CC1(c2ccc3c(c2)OCCO3)NC(=O)N(CC(=O)NCCc2c[nH]c3ccccc23)C1=O. The van der Waals surface area contributed by atoms with Crippen LogP contribution in [0.5, 0.6) is 11.5 Å². The molecule has 33 heavy (non-hydrogen) atoms. The Morgan fingerprint density at radius 1 is 1.12 bits per heavy atom. The lowest BCUT2D eigenvalue weighted by Crippen LogP contribution is -2.43. The van der Waals surface area contributed by atoms with E-state index < -0.39 is 23.4 Å². The molecule has 0 bridgehead atoms. The van der Waals surface area contributed by atoms with Gasteiger partial charge >= 0.3 is 6.03 Å². The van der Waals surface area contributed by atoms with Crippen LogP contribution in [-0.2, 0) is 21.5 Å². The van der Waals surface area contributed by atoms with Crippen molar-refractivity contribution in [3.63, 3.8) is 0 Å². The summed E-state index contributed by atoms with van der Waals surface area (Å²) < 4.78 is 11.1. The van der Waals surface area contributed by atoms with Crippen LogP contribution in [0.4, 0.5) is 4.79 Å². The van der Waals surface area contributed by atoms with Crippen LogP contribution in [0.25, 0.3) is 10.9 Å². The van der Waals surface area contributed by atoms with Crippen LogP contribution < -0.4 is 20.1 Å². The molecule has 170 valence electrons. The molecule has 1 atom stereocenters. The Hall–Kier alpha value is -4.01.